The first kappa shape index (κ1) is 21.6. The van der Waals surface area contributed by atoms with E-state index in [2.05, 4.69) is 131 Å². The molecule has 0 unspecified atom stereocenters. The summed E-state index contributed by atoms with van der Waals surface area (Å²) in [4.78, 5) is 11.8. The molecule has 1 aliphatic heterocycles. The van der Waals surface area contributed by atoms with E-state index in [0.29, 0.717) is 0 Å². The van der Waals surface area contributed by atoms with Crippen molar-refractivity contribution in [1.29, 1.82) is 0 Å². The van der Waals surface area contributed by atoms with Crippen LogP contribution in [-0.2, 0) is 5.41 Å². The molecular formula is C33H26N4. The number of rotatable bonds is 3. The molecular weight excluding hydrogens is 452 g/mol. The zero-order valence-corrected chi connectivity index (χ0v) is 20.8. The molecule has 0 saturated heterocycles. The molecule has 178 valence electrons. The van der Waals surface area contributed by atoms with Gasteiger partial charge in [0.1, 0.15) is 5.82 Å². The summed E-state index contributed by atoms with van der Waals surface area (Å²) < 4.78 is 2.19. The van der Waals surface area contributed by atoms with Crippen LogP contribution in [0.15, 0.2) is 121 Å². The van der Waals surface area contributed by atoms with E-state index in [1.165, 1.54) is 22.5 Å². The maximum Gasteiger partial charge on any atom is 0.178 e. The zero-order chi connectivity index (χ0) is 25.0. The average molecular weight is 479 g/mol. The molecule has 0 fully saturated rings. The van der Waals surface area contributed by atoms with Crippen molar-refractivity contribution < 1.29 is 0 Å². The Morgan fingerprint density at radius 1 is 0.595 bits per heavy atom. The van der Waals surface area contributed by atoms with Crippen molar-refractivity contribution in [3.63, 3.8) is 0 Å². The molecule has 3 heterocycles. The lowest BCUT2D eigenvalue weighted by molar-refractivity contribution is 0.632. The Balaban J connectivity index is 1.38. The number of hydrogen-bond acceptors (Lipinski definition) is 3. The van der Waals surface area contributed by atoms with E-state index < -0.39 is 0 Å². The Bertz CT molecular complexity index is 1700. The lowest BCUT2D eigenvalue weighted by Crippen LogP contribution is -2.30. The van der Waals surface area contributed by atoms with Crippen molar-refractivity contribution in [3.05, 3.63) is 133 Å². The van der Waals surface area contributed by atoms with E-state index in [9.17, 15) is 0 Å². The molecule has 0 radical (unpaired) electrons. The Kier molecular flexibility index (Phi) is 4.76. The van der Waals surface area contributed by atoms with Gasteiger partial charge in [-0.3, -0.25) is 4.57 Å². The van der Waals surface area contributed by atoms with Gasteiger partial charge in [0.2, 0.25) is 0 Å². The van der Waals surface area contributed by atoms with Crippen LogP contribution < -0.4 is 4.90 Å². The van der Waals surface area contributed by atoms with Crippen molar-refractivity contribution in [2.45, 2.75) is 19.3 Å². The Morgan fingerprint density at radius 2 is 1.22 bits per heavy atom. The SMILES string of the molecule is CC1(C)c2ccccc2N(c2ccc(-c3nc4ncccc4n3-c3ccccc3)cc2)c2ccccc21. The minimum atomic E-state index is -0.0723. The number of anilines is 3. The predicted octanol–water partition coefficient (Wildman–Crippen LogP) is 8.20. The van der Waals surface area contributed by atoms with Crippen LogP contribution in [0.25, 0.3) is 28.2 Å². The van der Waals surface area contributed by atoms with Gasteiger partial charge in [0.25, 0.3) is 0 Å². The van der Waals surface area contributed by atoms with E-state index in [-0.39, 0.29) is 5.41 Å². The van der Waals surface area contributed by atoms with Gasteiger partial charge in [0.15, 0.2) is 5.65 Å². The monoisotopic (exact) mass is 478 g/mol. The normalized spacial score (nSPS) is 13.8. The second-order valence-corrected chi connectivity index (χ2v) is 9.99. The highest BCUT2D eigenvalue weighted by atomic mass is 15.2. The fourth-order valence-electron chi connectivity index (χ4n) is 5.65. The number of benzene rings is 4. The van der Waals surface area contributed by atoms with Gasteiger partial charge < -0.3 is 4.90 Å². The molecule has 0 amide bonds. The van der Waals surface area contributed by atoms with Crippen molar-refractivity contribution in [3.8, 4) is 17.1 Å². The first-order valence-electron chi connectivity index (χ1n) is 12.6. The Labute approximate surface area is 216 Å². The van der Waals surface area contributed by atoms with Crippen LogP contribution in [-0.4, -0.2) is 14.5 Å². The molecule has 4 aromatic carbocycles. The fourth-order valence-corrected chi connectivity index (χ4v) is 5.65. The molecule has 0 N–H and O–H groups in total. The van der Waals surface area contributed by atoms with Gasteiger partial charge in [-0.25, -0.2) is 9.97 Å². The largest absolute Gasteiger partial charge is 0.310 e. The smallest absolute Gasteiger partial charge is 0.178 e. The van der Waals surface area contributed by atoms with Crippen molar-refractivity contribution >= 4 is 28.2 Å². The number of hydrogen-bond donors (Lipinski definition) is 0. The molecule has 7 rings (SSSR count). The standard InChI is InChI=1S/C33H26N4/c1-33(2)26-13-6-8-15-28(26)36(29-16-9-7-14-27(29)33)25-20-18-23(19-21-25)32-35-31-30(17-10-22-34-31)37(32)24-11-4-3-5-12-24/h3-22H,1-2H3. The van der Waals surface area contributed by atoms with Gasteiger partial charge in [-0.1, -0.05) is 68.4 Å². The molecule has 1 aliphatic rings. The molecule has 0 spiro atoms. The number of pyridine rings is 1. The molecule has 2 aromatic heterocycles. The molecule has 6 aromatic rings. The van der Waals surface area contributed by atoms with E-state index >= 15 is 0 Å². The molecule has 0 saturated carbocycles. The summed E-state index contributed by atoms with van der Waals surface area (Å²) in [5.74, 6) is 0.882. The summed E-state index contributed by atoms with van der Waals surface area (Å²) in [6.45, 7) is 4.63. The maximum atomic E-state index is 4.93. The number of nitrogens with zero attached hydrogens (tertiary/aromatic N) is 4. The van der Waals surface area contributed by atoms with Crippen LogP contribution in [0.2, 0.25) is 0 Å². The fraction of sp³-hybridized carbons (Fsp3) is 0.0909. The summed E-state index contributed by atoms with van der Waals surface area (Å²) in [5.41, 5.74) is 10.0. The van der Waals surface area contributed by atoms with Crippen LogP contribution in [0.4, 0.5) is 17.1 Å². The van der Waals surface area contributed by atoms with Crippen LogP contribution in [0, 0.1) is 0 Å². The van der Waals surface area contributed by atoms with Crippen LogP contribution >= 0.6 is 0 Å². The summed E-state index contributed by atoms with van der Waals surface area (Å²) >= 11 is 0. The van der Waals surface area contributed by atoms with Gasteiger partial charge in [-0.2, -0.15) is 0 Å². The highest BCUT2D eigenvalue weighted by Crippen LogP contribution is 2.51. The summed E-state index contributed by atoms with van der Waals surface area (Å²) in [5, 5.41) is 0. The van der Waals surface area contributed by atoms with Crippen LogP contribution in [0.5, 0.6) is 0 Å². The van der Waals surface area contributed by atoms with Gasteiger partial charge in [-0.15, -0.1) is 0 Å². The first-order valence-corrected chi connectivity index (χ1v) is 12.6. The summed E-state index contributed by atoms with van der Waals surface area (Å²) in [6.07, 6.45) is 1.80. The average Bonchev–Trinajstić information content (AvgIpc) is 3.34. The Morgan fingerprint density at radius 3 is 1.89 bits per heavy atom. The molecule has 0 atom stereocenters. The van der Waals surface area contributed by atoms with E-state index in [1.54, 1.807) is 6.20 Å². The predicted molar refractivity (Wildman–Crippen MR) is 151 cm³/mol. The Hall–Kier alpha value is -4.70. The summed E-state index contributed by atoms with van der Waals surface area (Å²) in [6, 6.07) is 40.6. The van der Waals surface area contributed by atoms with Gasteiger partial charge >= 0.3 is 0 Å². The molecule has 37 heavy (non-hydrogen) atoms. The highest BCUT2D eigenvalue weighted by Gasteiger charge is 2.36. The van der Waals surface area contributed by atoms with Crippen LogP contribution in [0.3, 0.4) is 0 Å². The minimum Gasteiger partial charge on any atom is -0.310 e. The van der Waals surface area contributed by atoms with E-state index in [1.807, 2.05) is 12.1 Å². The van der Waals surface area contributed by atoms with Crippen LogP contribution in [0.1, 0.15) is 25.0 Å². The highest BCUT2D eigenvalue weighted by molar-refractivity contribution is 5.87. The zero-order valence-electron chi connectivity index (χ0n) is 20.8. The van der Waals surface area contributed by atoms with Crippen molar-refractivity contribution in [1.82, 2.24) is 14.5 Å². The first-order chi connectivity index (χ1) is 18.1. The van der Waals surface area contributed by atoms with Gasteiger partial charge in [0.05, 0.1) is 16.9 Å². The van der Waals surface area contributed by atoms with E-state index in [4.69, 9.17) is 4.98 Å². The van der Waals surface area contributed by atoms with Crippen molar-refractivity contribution in [2.24, 2.45) is 0 Å². The number of aromatic nitrogens is 3. The maximum absolute atomic E-state index is 4.93. The third-order valence-corrected chi connectivity index (χ3v) is 7.47. The number of para-hydroxylation sites is 3. The van der Waals surface area contributed by atoms with Crippen molar-refractivity contribution in [2.75, 3.05) is 4.90 Å². The lowest BCUT2D eigenvalue weighted by atomic mass is 9.73. The molecule has 4 heteroatoms. The van der Waals surface area contributed by atoms with Gasteiger partial charge in [-0.05, 0) is 71.8 Å². The number of imidazole rings is 1. The second kappa shape index (κ2) is 8.17. The lowest BCUT2D eigenvalue weighted by Gasteiger charge is -2.42. The molecule has 0 bridgehead atoms. The number of fused-ring (bicyclic) bond motifs is 3. The summed E-state index contributed by atoms with van der Waals surface area (Å²) in [7, 11) is 0. The minimum absolute atomic E-state index is 0.0723. The third-order valence-electron chi connectivity index (χ3n) is 7.47. The van der Waals surface area contributed by atoms with Gasteiger partial charge in [0, 0.05) is 28.6 Å². The van der Waals surface area contributed by atoms with E-state index in [0.717, 1.165) is 33.9 Å². The quantitative estimate of drug-likeness (QED) is 0.257. The molecule has 0 aliphatic carbocycles. The third kappa shape index (κ3) is 3.30. The molecule has 4 nitrogen and oxygen atoms in total. The second-order valence-electron chi connectivity index (χ2n) is 9.99. The topological polar surface area (TPSA) is 34.0 Å².